The maximum atomic E-state index is 10.2. The predicted octanol–water partition coefficient (Wildman–Crippen LogP) is 4.40. The molecule has 0 spiro atoms. The van der Waals surface area contributed by atoms with Gasteiger partial charge in [-0.2, -0.15) is 0 Å². The Morgan fingerprint density at radius 3 is 2.47 bits per heavy atom. The van der Waals surface area contributed by atoms with Crippen LogP contribution >= 0.6 is 27.3 Å². The lowest BCUT2D eigenvalue weighted by atomic mass is 9.96. The van der Waals surface area contributed by atoms with E-state index in [1.807, 2.05) is 11.4 Å². The molecule has 90 valence electrons. The molecule has 0 saturated carbocycles. The third-order valence-electron chi connectivity index (χ3n) is 3.01. The maximum absolute atomic E-state index is 10.2. The standard InChI is InChI=1S/C14H15BrOS/c1-9-4-3-5-10(2)12(9)7-13(16)11-6-14(15)17-8-11/h3-6,8,13,16H,7H2,1-2H3. The zero-order valence-electron chi connectivity index (χ0n) is 9.90. The minimum atomic E-state index is -0.419. The number of aliphatic hydroxyl groups is 1. The molecule has 1 aromatic heterocycles. The van der Waals surface area contributed by atoms with Crippen LogP contribution in [0.25, 0.3) is 0 Å². The third-order valence-corrected chi connectivity index (χ3v) is 4.54. The van der Waals surface area contributed by atoms with Gasteiger partial charge in [0.25, 0.3) is 0 Å². The first-order valence-corrected chi connectivity index (χ1v) is 7.22. The highest BCUT2D eigenvalue weighted by Crippen LogP contribution is 2.28. The van der Waals surface area contributed by atoms with Gasteiger partial charge in [0.05, 0.1) is 9.89 Å². The number of aliphatic hydroxyl groups excluding tert-OH is 1. The molecule has 0 radical (unpaired) electrons. The molecule has 0 amide bonds. The van der Waals surface area contributed by atoms with E-state index in [-0.39, 0.29) is 0 Å². The van der Waals surface area contributed by atoms with Gasteiger partial charge in [-0.05, 0) is 63.5 Å². The molecular weight excluding hydrogens is 296 g/mol. The van der Waals surface area contributed by atoms with E-state index in [9.17, 15) is 5.11 Å². The zero-order valence-corrected chi connectivity index (χ0v) is 12.3. The second kappa shape index (κ2) is 5.34. The van der Waals surface area contributed by atoms with Crippen molar-refractivity contribution in [1.29, 1.82) is 0 Å². The molecule has 0 aliphatic heterocycles. The zero-order chi connectivity index (χ0) is 12.4. The Kier molecular flexibility index (Phi) is 4.02. The van der Waals surface area contributed by atoms with Crippen molar-refractivity contribution < 1.29 is 5.11 Å². The van der Waals surface area contributed by atoms with Crippen LogP contribution < -0.4 is 0 Å². The first-order chi connectivity index (χ1) is 8.08. The van der Waals surface area contributed by atoms with E-state index in [0.29, 0.717) is 6.42 Å². The molecule has 1 aromatic carbocycles. The van der Waals surface area contributed by atoms with Crippen LogP contribution in [-0.2, 0) is 6.42 Å². The number of hydrogen-bond acceptors (Lipinski definition) is 2. The minimum Gasteiger partial charge on any atom is -0.388 e. The lowest BCUT2D eigenvalue weighted by Gasteiger charge is -2.13. The summed E-state index contributed by atoms with van der Waals surface area (Å²) in [4.78, 5) is 0. The topological polar surface area (TPSA) is 20.2 Å². The quantitative estimate of drug-likeness (QED) is 0.890. The van der Waals surface area contributed by atoms with Gasteiger partial charge in [-0.25, -0.2) is 0 Å². The van der Waals surface area contributed by atoms with E-state index in [2.05, 4.69) is 48.0 Å². The molecule has 1 atom stereocenters. The van der Waals surface area contributed by atoms with E-state index in [0.717, 1.165) is 9.35 Å². The number of aryl methyl sites for hydroxylation is 2. The smallest absolute Gasteiger partial charge is 0.0839 e. The largest absolute Gasteiger partial charge is 0.388 e. The molecule has 0 aliphatic carbocycles. The second-order valence-electron chi connectivity index (χ2n) is 4.27. The number of thiophene rings is 1. The molecule has 2 rings (SSSR count). The van der Waals surface area contributed by atoms with E-state index >= 15 is 0 Å². The van der Waals surface area contributed by atoms with E-state index in [1.165, 1.54) is 16.7 Å². The third kappa shape index (κ3) is 2.97. The Hall–Kier alpha value is -0.640. The highest BCUT2D eigenvalue weighted by atomic mass is 79.9. The average Bonchev–Trinajstić information content (AvgIpc) is 2.70. The first kappa shape index (κ1) is 12.8. The van der Waals surface area contributed by atoms with Crippen molar-refractivity contribution in [1.82, 2.24) is 0 Å². The molecule has 0 aliphatic rings. The number of rotatable bonds is 3. The van der Waals surface area contributed by atoms with Gasteiger partial charge in [-0.3, -0.25) is 0 Å². The Balaban J connectivity index is 2.21. The van der Waals surface area contributed by atoms with Crippen LogP contribution in [0.5, 0.6) is 0 Å². The summed E-state index contributed by atoms with van der Waals surface area (Å²) in [5, 5.41) is 12.2. The fraction of sp³-hybridized carbons (Fsp3) is 0.286. The summed E-state index contributed by atoms with van der Waals surface area (Å²) in [6, 6.07) is 8.24. The van der Waals surface area contributed by atoms with Crippen LogP contribution in [0.4, 0.5) is 0 Å². The molecule has 0 saturated heterocycles. The van der Waals surface area contributed by atoms with E-state index in [1.54, 1.807) is 11.3 Å². The van der Waals surface area contributed by atoms with Crippen molar-refractivity contribution in [2.24, 2.45) is 0 Å². The van der Waals surface area contributed by atoms with Gasteiger partial charge in [-0.15, -0.1) is 11.3 Å². The van der Waals surface area contributed by atoms with Crippen LogP contribution in [0.1, 0.15) is 28.4 Å². The van der Waals surface area contributed by atoms with Crippen molar-refractivity contribution in [3.8, 4) is 0 Å². The lowest BCUT2D eigenvalue weighted by Crippen LogP contribution is -2.03. The molecule has 1 nitrogen and oxygen atoms in total. The van der Waals surface area contributed by atoms with Gasteiger partial charge in [0, 0.05) is 6.42 Å². The molecule has 1 N–H and O–H groups in total. The van der Waals surface area contributed by atoms with Gasteiger partial charge < -0.3 is 5.11 Å². The summed E-state index contributed by atoms with van der Waals surface area (Å²) in [6.45, 7) is 4.19. The SMILES string of the molecule is Cc1cccc(C)c1CC(O)c1csc(Br)c1. The Bertz CT molecular complexity index is 498. The minimum absolute atomic E-state index is 0.419. The van der Waals surface area contributed by atoms with Crippen molar-refractivity contribution >= 4 is 27.3 Å². The Labute approximate surface area is 114 Å². The summed E-state index contributed by atoms with van der Waals surface area (Å²) in [5.41, 5.74) is 4.74. The summed E-state index contributed by atoms with van der Waals surface area (Å²) in [5.74, 6) is 0. The first-order valence-electron chi connectivity index (χ1n) is 5.55. The van der Waals surface area contributed by atoms with Crippen molar-refractivity contribution in [3.63, 3.8) is 0 Å². The fourth-order valence-electron chi connectivity index (χ4n) is 1.98. The number of halogens is 1. The van der Waals surface area contributed by atoms with Crippen molar-refractivity contribution in [2.75, 3.05) is 0 Å². The molecule has 0 fully saturated rings. The van der Waals surface area contributed by atoms with Crippen LogP contribution in [0.2, 0.25) is 0 Å². The highest BCUT2D eigenvalue weighted by molar-refractivity contribution is 9.11. The van der Waals surface area contributed by atoms with Gasteiger partial charge in [0.2, 0.25) is 0 Å². The van der Waals surface area contributed by atoms with Gasteiger partial charge in [-0.1, -0.05) is 18.2 Å². The van der Waals surface area contributed by atoms with Gasteiger partial charge in [0.1, 0.15) is 0 Å². The summed E-state index contributed by atoms with van der Waals surface area (Å²) in [6.07, 6.45) is 0.263. The molecule has 1 heterocycles. The maximum Gasteiger partial charge on any atom is 0.0839 e. The molecule has 2 aromatic rings. The predicted molar refractivity (Wildman–Crippen MR) is 76.6 cm³/mol. The molecule has 1 unspecified atom stereocenters. The molecular formula is C14H15BrOS. The lowest BCUT2D eigenvalue weighted by molar-refractivity contribution is 0.178. The van der Waals surface area contributed by atoms with E-state index < -0.39 is 6.10 Å². The number of benzene rings is 1. The van der Waals surface area contributed by atoms with Crippen LogP contribution in [-0.4, -0.2) is 5.11 Å². The summed E-state index contributed by atoms with van der Waals surface area (Å²) in [7, 11) is 0. The molecule has 0 bridgehead atoms. The fourth-order valence-corrected chi connectivity index (χ4v) is 3.20. The van der Waals surface area contributed by atoms with Crippen molar-refractivity contribution in [2.45, 2.75) is 26.4 Å². The summed E-state index contributed by atoms with van der Waals surface area (Å²) >= 11 is 5.03. The Morgan fingerprint density at radius 1 is 1.29 bits per heavy atom. The van der Waals surface area contributed by atoms with Crippen LogP contribution in [0.3, 0.4) is 0 Å². The number of hydrogen-bond donors (Lipinski definition) is 1. The second-order valence-corrected chi connectivity index (χ2v) is 6.56. The van der Waals surface area contributed by atoms with Gasteiger partial charge >= 0.3 is 0 Å². The Morgan fingerprint density at radius 2 is 1.94 bits per heavy atom. The normalized spacial score (nSPS) is 12.7. The monoisotopic (exact) mass is 310 g/mol. The van der Waals surface area contributed by atoms with Crippen molar-refractivity contribution in [3.05, 3.63) is 55.7 Å². The summed E-state index contributed by atoms with van der Waals surface area (Å²) < 4.78 is 1.06. The van der Waals surface area contributed by atoms with Crippen LogP contribution in [0, 0.1) is 13.8 Å². The van der Waals surface area contributed by atoms with E-state index in [4.69, 9.17) is 0 Å². The highest BCUT2D eigenvalue weighted by Gasteiger charge is 2.13. The average molecular weight is 311 g/mol. The molecule has 3 heteroatoms. The van der Waals surface area contributed by atoms with Gasteiger partial charge in [0.15, 0.2) is 0 Å². The molecule has 17 heavy (non-hydrogen) atoms. The van der Waals surface area contributed by atoms with Crippen LogP contribution in [0.15, 0.2) is 33.4 Å².